The molecule has 104 heavy (non-hydrogen) atoms. The van der Waals surface area contributed by atoms with E-state index in [2.05, 4.69) is 175 Å². The van der Waals surface area contributed by atoms with Crippen LogP contribution in [0.15, 0.2) is 214 Å². The minimum absolute atomic E-state index is 0.0445. The van der Waals surface area contributed by atoms with Crippen LogP contribution in [0.5, 0.6) is 0 Å². The number of benzene rings is 6. The Morgan fingerprint density at radius 3 is 1.38 bits per heavy atom. The van der Waals surface area contributed by atoms with Crippen LogP contribution in [0.1, 0.15) is 179 Å². The zero-order chi connectivity index (χ0) is 89.7. The molecule has 0 saturated heterocycles. The van der Waals surface area contributed by atoms with Crippen molar-refractivity contribution in [2.24, 2.45) is 38.9 Å². The molecule has 9 nitrogen and oxygen atoms in total. The summed E-state index contributed by atoms with van der Waals surface area (Å²) in [6.07, 6.45) is 9.17. The lowest BCUT2D eigenvalue weighted by Gasteiger charge is -2.16. The number of rotatable bonds is 13. The van der Waals surface area contributed by atoms with Crippen molar-refractivity contribution in [2.75, 3.05) is 0 Å². The Hall–Kier alpha value is -10.4. The van der Waals surface area contributed by atoms with Crippen LogP contribution in [0.25, 0.3) is 133 Å². The van der Waals surface area contributed by atoms with Gasteiger partial charge in [-0.1, -0.05) is 206 Å². The lowest BCUT2D eigenvalue weighted by Crippen LogP contribution is -2.31. The van der Waals surface area contributed by atoms with E-state index in [0.717, 1.165) is 119 Å². The molecule has 0 unspecified atom stereocenters. The normalized spacial score (nSPS) is 15.6. The van der Waals surface area contributed by atoms with Crippen molar-refractivity contribution in [3.63, 3.8) is 0 Å². The largest absolute Gasteiger partial charge is 0.437 e. The fraction of sp³-hybridized carbons (Fsp3) is 0.305. The molecule has 0 saturated carbocycles. The fourth-order valence-corrected chi connectivity index (χ4v) is 14.3. The highest BCUT2D eigenvalue weighted by Crippen LogP contribution is 2.43. The van der Waals surface area contributed by atoms with E-state index in [4.69, 9.17) is 39.3 Å². The van der Waals surface area contributed by atoms with Crippen LogP contribution < -0.4 is 13.7 Å². The topological polar surface area (TPSA) is 89.7 Å². The Balaban J connectivity index is 0.000000159. The van der Waals surface area contributed by atoms with Gasteiger partial charge in [-0.2, -0.15) is 0 Å². The van der Waals surface area contributed by atoms with Gasteiger partial charge in [-0.25, -0.2) is 28.7 Å². The Kier molecular flexibility index (Phi) is 14.4. The molecule has 0 fully saturated rings. The molecule has 6 aromatic carbocycles. The second-order valence-electron chi connectivity index (χ2n) is 29.6. The minimum Gasteiger partial charge on any atom is -0.437 e. The van der Waals surface area contributed by atoms with Crippen molar-refractivity contribution < 1.29 is 53.0 Å². The molecule has 0 N–H and O–H groups in total. The van der Waals surface area contributed by atoms with Crippen LogP contribution >= 0.6 is 0 Å². The second-order valence-corrected chi connectivity index (χ2v) is 29.6. The summed E-state index contributed by atoms with van der Waals surface area (Å²) in [5.74, 6) is -1.20. The van der Waals surface area contributed by atoms with E-state index in [1.165, 1.54) is 48.7 Å². The summed E-state index contributed by atoms with van der Waals surface area (Å²) >= 11 is 0. The van der Waals surface area contributed by atoms with Crippen molar-refractivity contribution in [1.29, 1.82) is 0 Å². The first kappa shape index (κ1) is 51.7. The van der Waals surface area contributed by atoms with E-state index in [9.17, 15) is 0 Å². The van der Waals surface area contributed by atoms with Crippen LogP contribution in [0.3, 0.4) is 0 Å². The highest BCUT2D eigenvalue weighted by Gasteiger charge is 2.29. The van der Waals surface area contributed by atoms with Gasteiger partial charge >= 0.3 is 0 Å². The first-order valence-corrected chi connectivity index (χ1v) is 35.6. The van der Waals surface area contributed by atoms with Crippen molar-refractivity contribution in [1.82, 2.24) is 15.0 Å². The average Bonchev–Trinajstić information content (AvgIpc) is 1.61. The van der Waals surface area contributed by atoms with E-state index >= 15 is 0 Å². The first-order chi connectivity index (χ1) is 57.4. The molecule has 0 aliphatic carbocycles. The molecule has 0 atom stereocenters. The molecule has 0 bridgehead atoms. The number of fused-ring (bicyclic) bond motifs is 9. The molecule has 9 aromatic heterocycles. The molecule has 0 spiro atoms. The number of aromatic nitrogens is 6. The second kappa shape index (κ2) is 29.0. The van der Waals surface area contributed by atoms with E-state index in [0.29, 0.717) is 50.7 Å². The number of aryl methyl sites for hydroxylation is 6. The summed E-state index contributed by atoms with van der Waals surface area (Å²) < 4.78 is 177. The summed E-state index contributed by atoms with van der Waals surface area (Å²) in [5, 5.41) is 4.43. The number of nitrogens with zero attached hydrogens (tertiary/aromatic N) is 6. The highest BCUT2D eigenvalue weighted by atomic mass is 16.3. The zero-order valence-corrected chi connectivity index (χ0v) is 61.8. The summed E-state index contributed by atoms with van der Waals surface area (Å²) in [6, 6.07) is 59.6. The van der Waals surface area contributed by atoms with Gasteiger partial charge in [0.05, 0.1) is 22.3 Å². The molecule has 15 rings (SSSR count). The van der Waals surface area contributed by atoms with E-state index in [1.54, 1.807) is 18.2 Å². The molecule has 9 heterocycles. The molecule has 0 aliphatic rings. The first-order valence-electron chi connectivity index (χ1n) is 45.1. The molecule has 0 amide bonds. The Morgan fingerprint density at radius 1 is 0.404 bits per heavy atom. The van der Waals surface area contributed by atoms with Crippen molar-refractivity contribution >= 4 is 66.2 Å². The quantitative estimate of drug-likeness (QED) is 0.107. The summed E-state index contributed by atoms with van der Waals surface area (Å²) in [5.41, 5.74) is 16.5. The molecular weight excluding hydrogens is 1270 g/mol. The molecule has 528 valence electrons. The van der Waals surface area contributed by atoms with Crippen LogP contribution in [0.4, 0.5) is 0 Å². The molecule has 0 radical (unpaired) electrons. The van der Waals surface area contributed by atoms with Crippen molar-refractivity contribution in [3.8, 4) is 67.2 Å². The summed E-state index contributed by atoms with van der Waals surface area (Å²) in [4.78, 5) is 13.3. The third-order valence-corrected chi connectivity index (χ3v) is 19.4. The number of furan rings is 3. The van der Waals surface area contributed by atoms with Gasteiger partial charge in [-0.15, -0.1) is 0 Å². The van der Waals surface area contributed by atoms with Crippen LogP contribution in [-0.4, -0.2) is 15.0 Å². The highest BCUT2D eigenvalue weighted by molar-refractivity contribution is 6.11. The van der Waals surface area contributed by atoms with Gasteiger partial charge in [0.15, 0.2) is 35.3 Å². The molecule has 15 aromatic rings. The maximum Gasteiger partial charge on any atom is 0.227 e. The van der Waals surface area contributed by atoms with Gasteiger partial charge in [-0.05, 0) is 168 Å². The van der Waals surface area contributed by atoms with Crippen molar-refractivity contribution in [2.45, 2.75) is 153 Å². The number of pyridine rings is 6. The van der Waals surface area contributed by atoms with Crippen LogP contribution in [-0.2, 0) is 51.2 Å². The SMILES string of the molecule is [2H]C([2H])([2H])C(C)(c1ccc2c(n1)oc1c(-c3cc(-c4cccc(CC(C)C)c4)cc[n+]3C)c(C)ccc12)C([2H])([2H])[2H].[2H]C([2H])([2H])C(C)(c1ccc2c(n1)oc1c(-c3ccc(-c4cccc(CC(C)C)c4)c[n+]3C)c(C)ccc12)C([2H])([2H])[2H].[2H]C([2H])([2H])C([2H])(c1ccc2c(n1)oc1c(-c3c(-c4ccc(CC(C)C)cc4)ccc[n+]3C)c(C)ccc12)C([2H])([2H])[2H]. The number of hydrogen-bond acceptors (Lipinski definition) is 6. The minimum atomic E-state index is -3.13. The van der Waals surface area contributed by atoms with Gasteiger partial charge in [0.1, 0.15) is 21.1 Å². The van der Waals surface area contributed by atoms with Gasteiger partial charge in [-0.3, -0.25) is 0 Å². The van der Waals surface area contributed by atoms with Gasteiger partial charge in [0.2, 0.25) is 34.2 Å². The monoisotopic (exact) mass is 1390 g/mol. The third-order valence-electron chi connectivity index (χ3n) is 19.4. The summed E-state index contributed by atoms with van der Waals surface area (Å²) in [6.45, 7) is 4.31. The van der Waals surface area contributed by atoms with Gasteiger partial charge < -0.3 is 13.3 Å². The van der Waals surface area contributed by atoms with E-state index in [1.807, 2.05) is 101 Å². The Labute approximate surface area is 642 Å². The summed E-state index contributed by atoms with van der Waals surface area (Å²) in [7, 11) is 5.97. The Bertz CT molecular complexity index is 6480. The van der Waals surface area contributed by atoms with Gasteiger partial charge in [0.25, 0.3) is 0 Å². The predicted molar refractivity (Wildman–Crippen MR) is 432 cm³/mol. The lowest BCUT2D eigenvalue weighted by molar-refractivity contribution is -0.660. The molecule has 9 heteroatoms. The molecular formula is C95H103N6O3+3. The molecule has 0 aliphatic heterocycles. The maximum atomic E-state index is 8.56. The number of hydrogen-bond donors (Lipinski definition) is 0. The Morgan fingerprint density at radius 2 is 0.865 bits per heavy atom. The van der Waals surface area contributed by atoms with Crippen molar-refractivity contribution in [3.05, 3.63) is 251 Å². The van der Waals surface area contributed by atoms with E-state index < -0.39 is 57.8 Å². The van der Waals surface area contributed by atoms with E-state index in [-0.39, 0.29) is 34.2 Å². The maximum absolute atomic E-state index is 8.56. The lowest BCUT2D eigenvalue weighted by atomic mass is 9.91. The standard InChI is InChI=1S/2C32H35N2O.C31H33N2O/c1-20(2)17-22-9-8-10-23(18-22)24-12-15-27(34(7)19-24)29-21(3)11-13-25-26-14-16-28(32(4,5)6)33-31(26)35-30(25)29;1-20(2)17-22-9-8-10-23(18-22)24-15-16-34(7)27(19-24)29-21(3)11-12-25-26-13-14-28(32(4,5)6)33-31(26)35-30(25)29;1-19(2)18-22-10-12-23(13-11-22)24-8-7-17-33(6)29(24)28-21(5)9-14-25-26-15-16-27(20(3)4)32-31(26)34-30(25)28/h2*8-16,18-20H,17H2,1-7H3;7-17,19-20H,18H2,1-6H3/q3*+1/i2*4D3,5D3;3D3,4D3,20D. The third kappa shape index (κ3) is 14.8. The predicted octanol–water partition coefficient (Wildman–Crippen LogP) is 23.7. The van der Waals surface area contributed by atoms with Crippen LogP contribution in [0.2, 0.25) is 0 Å². The fourth-order valence-electron chi connectivity index (χ4n) is 14.3. The van der Waals surface area contributed by atoms with Crippen LogP contribution in [0, 0.1) is 38.5 Å². The zero-order valence-electron chi connectivity index (χ0n) is 80.8. The average molecular weight is 1400 g/mol. The van der Waals surface area contributed by atoms with Gasteiger partial charge in [0, 0.05) is 116 Å². The smallest absolute Gasteiger partial charge is 0.227 e.